The molecule has 2 aromatic carbocycles. The van der Waals surface area contributed by atoms with E-state index in [-0.39, 0.29) is 27.3 Å². The standard InChI is InChI=1S/C24H19Cl3N4O4S2/c25-16-3-1-14(9-18(16)27)19-11-21(35-30-19)20-12-36-23(29-20)13-5-7-31(8-6-13)24(32)15-2-4-17(26)22(10-15)37(28,33)34/h1-4,9-13H,5-8H2,(H2,28,33,34). The average Bonchev–Trinajstić information content (AvgIpc) is 3.55. The van der Waals surface area contributed by atoms with Crippen LogP contribution in [0.2, 0.25) is 15.1 Å². The van der Waals surface area contributed by atoms with Crippen LogP contribution >= 0.6 is 46.1 Å². The van der Waals surface area contributed by atoms with Gasteiger partial charge in [0.05, 0.1) is 20.1 Å². The second-order valence-electron chi connectivity index (χ2n) is 8.53. The summed E-state index contributed by atoms with van der Waals surface area (Å²) in [7, 11) is -4.04. The minimum absolute atomic E-state index is 0.0202. The van der Waals surface area contributed by atoms with Crippen LogP contribution in [0.3, 0.4) is 0 Å². The van der Waals surface area contributed by atoms with Crippen LogP contribution in [0.25, 0.3) is 22.7 Å². The van der Waals surface area contributed by atoms with Gasteiger partial charge in [0, 0.05) is 41.6 Å². The molecule has 0 atom stereocenters. The Labute approximate surface area is 232 Å². The molecular formula is C24H19Cl3N4O4S2. The molecule has 0 spiro atoms. The molecule has 0 bridgehead atoms. The number of likely N-dealkylation sites (tertiary alicyclic amines) is 1. The summed E-state index contributed by atoms with van der Waals surface area (Å²) in [5, 5.41) is 13.1. The zero-order chi connectivity index (χ0) is 26.3. The summed E-state index contributed by atoms with van der Waals surface area (Å²) in [6.07, 6.45) is 1.44. The number of benzene rings is 2. The van der Waals surface area contributed by atoms with Gasteiger partial charge in [-0.15, -0.1) is 11.3 Å². The van der Waals surface area contributed by atoms with Gasteiger partial charge < -0.3 is 9.42 Å². The summed E-state index contributed by atoms with van der Waals surface area (Å²) in [6, 6.07) is 11.2. The van der Waals surface area contributed by atoms with E-state index >= 15 is 0 Å². The van der Waals surface area contributed by atoms with Crippen LogP contribution < -0.4 is 5.14 Å². The zero-order valence-electron chi connectivity index (χ0n) is 19.0. The summed E-state index contributed by atoms with van der Waals surface area (Å²) in [5.74, 6) is 0.464. The maximum Gasteiger partial charge on any atom is 0.253 e. The minimum atomic E-state index is -4.04. The molecule has 2 aromatic heterocycles. The Morgan fingerprint density at radius 2 is 1.73 bits per heavy atom. The molecule has 1 amide bonds. The summed E-state index contributed by atoms with van der Waals surface area (Å²) in [5.41, 5.74) is 2.33. The third-order valence-corrected chi connectivity index (χ3v) is 9.25. The lowest BCUT2D eigenvalue weighted by Crippen LogP contribution is -2.38. The van der Waals surface area contributed by atoms with Gasteiger partial charge in [0.2, 0.25) is 10.0 Å². The quantitative estimate of drug-likeness (QED) is 0.297. The highest BCUT2D eigenvalue weighted by atomic mass is 35.5. The Kier molecular flexibility index (Phi) is 7.32. The minimum Gasteiger partial charge on any atom is -0.354 e. The van der Waals surface area contributed by atoms with Crippen molar-refractivity contribution in [3.8, 4) is 22.7 Å². The number of halogens is 3. The molecule has 1 saturated heterocycles. The van der Waals surface area contributed by atoms with Crippen molar-refractivity contribution in [2.75, 3.05) is 13.1 Å². The number of carbonyl (C=O) groups is 1. The largest absolute Gasteiger partial charge is 0.354 e. The summed E-state index contributed by atoms with van der Waals surface area (Å²) in [4.78, 5) is 19.2. The van der Waals surface area contributed by atoms with Gasteiger partial charge in [-0.05, 0) is 43.2 Å². The van der Waals surface area contributed by atoms with Crippen LogP contribution in [0.4, 0.5) is 0 Å². The fourth-order valence-electron chi connectivity index (χ4n) is 4.14. The molecule has 0 unspecified atom stereocenters. The highest BCUT2D eigenvalue weighted by Gasteiger charge is 2.28. The van der Waals surface area contributed by atoms with E-state index in [1.807, 2.05) is 17.5 Å². The van der Waals surface area contributed by atoms with Crippen LogP contribution in [0.1, 0.15) is 34.1 Å². The Balaban J connectivity index is 1.25. The molecule has 4 aromatic rings. The van der Waals surface area contributed by atoms with Crippen molar-refractivity contribution in [1.82, 2.24) is 15.0 Å². The normalized spacial score (nSPS) is 14.8. The monoisotopic (exact) mass is 596 g/mol. The maximum atomic E-state index is 13.0. The van der Waals surface area contributed by atoms with Gasteiger partial charge in [0.1, 0.15) is 16.3 Å². The number of primary sulfonamides is 1. The molecule has 192 valence electrons. The molecular weight excluding hydrogens is 579 g/mol. The maximum absolute atomic E-state index is 13.0. The van der Waals surface area contributed by atoms with Gasteiger partial charge in [-0.1, -0.05) is 46.0 Å². The number of thiazole rings is 1. The number of nitrogens with two attached hydrogens (primary N) is 1. The van der Waals surface area contributed by atoms with Crippen molar-refractivity contribution >= 4 is 62.1 Å². The Hall–Kier alpha value is -2.47. The molecule has 1 aliphatic heterocycles. The molecule has 1 fully saturated rings. The van der Waals surface area contributed by atoms with Crippen LogP contribution in [0.5, 0.6) is 0 Å². The van der Waals surface area contributed by atoms with Crippen molar-refractivity contribution < 1.29 is 17.7 Å². The first-order valence-electron chi connectivity index (χ1n) is 11.1. The smallest absolute Gasteiger partial charge is 0.253 e. The second kappa shape index (κ2) is 10.4. The molecule has 37 heavy (non-hydrogen) atoms. The van der Waals surface area contributed by atoms with Gasteiger partial charge in [-0.25, -0.2) is 18.5 Å². The van der Waals surface area contributed by atoms with Gasteiger partial charge in [0.15, 0.2) is 5.76 Å². The number of piperidine rings is 1. The first-order valence-corrected chi connectivity index (χ1v) is 14.7. The topological polar surface area (TPSA) is 119 Å². The van der Waals surface area contributed by atoms with Crippen LogP contribution in [0, 0.1) is 0 Å². The number of carbonyl (C=O) groups excluding carboxylic acids is 1. The number of rotatable bonds is 5. The molecule has 0 aliphatic carbocycles. The summed E-state index contributed by atoms with van der Waals surface area (Å²) < 4.78 is 29.0. The predicted octanol–water partition coefficient (Wildman–Crippen LogP) is 6.09. The number of hydrogen-bond donors (Lipinski definition) is 1. The second-order valence-corrected chi connectivity index (χ2v) is 12.2. The molecule has 13 heteroatoms. The van der Waals surface area contributed by atoms with Crippen LogP contribution in [0.15, 0.2) is 57.3 Å². The van der Waals surface area contributed by atoms with Crippen molar-refractivity contribution in [3.05, 3.63) is 73.5 Å². The number of sulfonamides is 1. The van der Waals surface area contributed by atoms with Gasteiger partial charge in [0.25, 0.3) is 5.91 Å². The van der Waals surface area contributed by atoms with E-state index in [4.69, 9.17) is 49.4 Å². The predicted molar refractivity (Wildman–Crippen MR) is 144 cm³/mol. The van der Waals surface area contributed by atoms with Crippen molar-refractivity contribution in [1.29, 1.82) is 0 Å². The third kappa shape index (κ3) is 5.55. The molecule has 8 nitrogen and oxygen atoms in total. The molecule has 5 rings (SSSR count). The number of nitrogens with zero attached hydrogens (tertiary/aromatic N) is 3. The van der Waals surface area contributed by atoms with Crippen molar-refractivity contribution in [3.63, 3.8) is 0 Å². The first-order chi connectivity index (χ1) is 17.6. The molecule has 2 N–H and O–H groups in total. The van der Waals surface area contributed by atoms with E-state index in [0.717, 1.165) is 23.4 Å². The van der Waals surface area contributed by atoms with Gasteiger partial charge in [-0.2, -0.15) is 0 Å². The van der Waals surface area contributed by atoms with E-state index in [2.05, 4.69) is 5.16 Å². The molecule has 0 saturated carbocycles. The Morgan fingerprint density at radius 3 is 2.43 bits per heavy atom. The summed E-state index contributed by atoms with van der Waals surface area (Å²) in [6.45, 7) is 1.02. The summed E-state index contributed by atoms with van der Waals surface area (Å²) >= 11 is 19.6. The van der Waals surface area contributed by atoms with E-state index in [1.165, 1.54) is 29.5 Å². The van der Waals surface area contributed by atoms with Crippen LogP contribution in [-0.4, -0.2) is 42.5 Å². The molecule has 0 radical (unpaired) electrons. The Morgan fingerprint density at radius 1 is 1.00 bits per heavy atom. The molecule has 1 aliphatic rings. The lowest BCUT2D eigenvalue weighted by atomic mass is 9.97. The Bertz CT molecular complexity index is 1590. The molecule has 3 heterocycles. The SMILES string of the molecule is NS(=O)(=O)c1cc(C(=O)N2CCC(c3nc(-c4cc(-c5ccc(Cl)c(Cl)c5)no4)cs3)CC2)ccc1Cl. The fourth-order valence-corrected chi connectivity index (χ4v) is 6.49. The first kappa shape index (κ1) is 26.1. The van der Waals surface area contributed by atoms with Gasteiger partial charge >= 0.3 is 0 Å². The number of aromatic nitrogens is 2. The highest BCUT2D eigenvalue weighted by molar-refractivity contribution is 7.89. The average molecular weight is 598 g/mol. The van der Waals surface area contributed by atoms with E-state index < -0.39 is 10.0 Å². The third-order valence-electron chi connectivity index (χ3n) is 6.12. The van der Waals surface area contributed by atoms with E-state index in [0.29, 0.717) is 40.3 Å². The van der Waals surface area contributed by atoms with E-state index in [1.54, 1.807) is 17.0 Å². The number of amides is 1. The number of hydrogen-bond acceptors (Lipinski definition) is 7. The fraction of sp³-hybridized carbons (Fsp3) is 0.208. The van der Waals surface area contributed by atoms with Crippen molar-refractivity contribution in [2.45, 2.75) is 23.7 Å². The highest BCUT2D eigenvalue weighted by Crippen LogP contribution is 2.35. The van der Waals surface area contributed by atoms with Gasteiger partial charge in [-0.3, -0.25) is 4.79 Å². The van der Waals surface area contributed by atoms with E-state index in [9.17, 15) is 13.2 Å². The lowest BCUT2D eigenvalue weighted by Gasteiger charge is -2.31. The zero-order valence-corrected chi connectivity index (χ0v) is 22.9. The lowest BCUT2D eigenvalue weighted by molar-refractivity contribution is 0.0712. The van der Waals surface area contributed by atoms with Crippen LogP contribution in [-0.2, 0) is 10.0 Å². The van der Waals surface area contributed by atoms with Crippen molar-refractivity contribution in [2.24, 2.45) is 5.14 Å².